The first kappa shape index (κ1) is 12.6. The number of benzene rings is 1. The predicted octanol–water partition coefficient (Wildman–Crippen LogP) is 2.30. The molecule has 18 heavy (non-hydrogen) atoms. The molecule has 2 N–H and O–H groups in total. The third-order valence-electron chi connectivity index (χ3n) is 3.17. The van der Waals surface area contributed by atoms with Crippen LogP contribution in [0.2, 0.25) is 0 Å². The van der Waals surface area contributed by atoms with E-state index in [9.17, 15) is 9.59 Å². The van der Waals surface area contributed by atoms with E-state index in [4.69, 9.17) is 5.11 Å². The number of hydrogen-bond donors (Lipinski definition) is 2. The van der Waals surface area contributed by atoms with Gasteiger partial charge in [-0.15, -0.1) is 0 Å². The Balaban J connectivity index is 1.78. The molecule has 0 aromatic heterocycles. The minimum absolute atomic E-state index is 0.136. The van der Waals surface area contributed by atoms with Crippen LogP contribution in [0, 0.1) is 5.92 Å². The molecule has 4 heteroatoms. The van der Waals surface area contributed by atoms with E-state index in [-0.39, 0.29) is 11.5 Å². The van der Waals surface area contributed by atoms with Crippen molar-refractivity contribution < 1.29 is 14.7 Å². The number of amides is 1. The summed E-state index contributed by atoms with van der Waals surface area (Å²) in [6.45, 7) is 0.690. The molecule has 0 atom stereocenters. The normalized spacial score (nSPS) is 14.2. The number of carbonyl (C=O) groups excluding carboxylic acids is 1. The maximum absolute atomic E-state index is 11.7. The van der Waals surface area contributed by atoms with E-state index in [2.05, 4.69) is 5.32 Å². The molecule has 1 fully saturated rings. The fourth-order valence-corrected chi connectivity index (χ4v) is 1.87. The summed E-state index contributed by atoms with van der Waals surface area (Å²) < 4.78 is 0. The van der Waals surface area contributed by atoms with E-state index in [1.165, 1.54) is 31.4 Å². The second kappa shape index (κ2) is 5.67. The number of carbonyl (C=O) groups is 2. The third-order valence-corrected chi connectivity index (χ3v) is 3.17. The van der Waals surface area contributed by atoms with Crippen molar-refractivity contribution in [3.8, 4) is 0 Å². The molecule has 1 aromatic rings. The molecule has 0 radical (unpaired) electrons. The summed E-state index contributed by atoms with van der Waals surface area (Å²) in [7, 11) is 0. The number of aromatic carboxylic acids is 1. The molecule has 0 aliphatic heterocycles. The van der Waals surface area contributed by atoms with Crippen LogP contribution in [-0.4, -0.2) is 23.5 Å². The van der Waals surface area contributed by atoms with Crippen molar-refractivity contribution in [3.05, 3.63) is 35.4 Å². The smallest absolute Gasteiger partial charge is 0.335 e. The lowest BCUT2D eigenvalue weighted by molar-refractivity contribution is 0.0696. The van der Waals surface area contributed by atoms with Crippen molar-refractivity contribution in [2.45, 2.75) is 25.7 Å². The molecule has 0 spiro atoms. The highest BCUT2D eigenvalue weighted by Gasteiger charge is 2.20. The molecule has 1 aromatic carbocycles. The predicted molar refractivity (Wildman–Crippen MR) is 67.7 cm³/mol. The number of carboxylic acids is 1. The van der Waals surface area contributed by atoms with Crippen molar-refractivity contribution in [2.75, 3.05) is 6.54 Å². The van der Waals surface area contributed by atoms with Gasteiger partial charge in [0.25, 0.3) is 5.91 Å². The van der Waals surface area contributed by atoms with Crippen LogP contribution >= 0.6 is 0 Å². The number of carboxylic acid groups (broad SMARTS) is 1. The Morgan fingerprint density at radius 2 is 1.78 bits per heavy atom. The van der Waals surface area contributed by atoms with Gasteiger partial charge in [0, 0.05) is 12.1 Å². The van der Waals surface area contributed by atoms with Crippen LogP contribution in [0.25, 0.3) is 0 Å². The Morgan fingerprint density at radius 1 is 1.17 bits per heavy atom. The summed E-state index contributed by atoms with van der Waals surface area (Å²) in [5.74, 6) is -0.231. The van der Waals surface area contributed by atoms with E-state index < -0.39 is 5.97 Å². The molecule has 96 valence electrons. The van der Waals surface area contributed by atoms with Crippen LogP contribution < -0.4 is 5.32 Å². The molecule has 1 saturated carbocycles. The second-order valence-electron chi connectivity index (χ2n) is 4.72. The van der Waals surface area contributed by atoms with Gasteiger partial charge in [-0.2, -0.15) is 0 Å². The molecule has 1 amide bonds. The highest BCUT2D eigenvalue weighted by molar-refractivity contribution is 5.95. The first-order chi connectivity index (χ1) is 8.66. The molecule has 0 saturated heterocycles. The second-order valence-corrected chi connectivity index (χ2v) is 4.72. The van der Waals surface area contributed by atoms with Crippen LogP contribution in [0.1, 0.15) is 46.4 Å². The van der Waals surface area contributed by atoms with Crippen LogP contribution in [0.3, 0.4) is 0 Å². The lowest BCUT2D eigenvalue weighted by atomic mass is 10.1. The topological polar surface area (TPSA) is 66.4 Å². The van der Waals surface area contributed by atoms with Gasteiger partial charge in [-0.25, -0.2) is 4.79 Å². The molecule has 0 unspecified atom stereocenters. The van der Waals surface area contributed by atoms with Gasteiger partial charge < -0.3 is 10.4 Å². The van der Waals surface area contributed by atoms with Gasteiger partial charge in [0.2, 0.25) is 0 Å². The average Bonchev–Trinajstić information content (AvgIpc) is 3.18. The zero-order chi connectivity index (χ0) is 13.0. The zero-order valence-corrected chi connectivity index (χ0v) is 10.2. The lowest BCUT2D eigenvalue weighted by Gasteiger charge is -2.05. The fraction of sp³-hybridized carbons (Fsp3) is 0.429. The SMILES string of the molecule is O=C(O)c1ccc(C(=O)NCCCC2CC2)cc1. The Kier molecular flexibility index (Phi) is 3.97. The minimum atomic E-state index is -0.980. The van der Waals surface area contributed by atoms with E-state index in [1.807, 2.05) is 0 Å². The van der Waals surface area contributed by atoms with Crippen LogP contribution in [-0.2, 0) is 0 Å². The van der Waals surface area contributed by atoms with E-state index in [0.717, 1.165) is 12.3 Å². The summed E-state index contributed by atoms with van der Waals surface area (Å²) in [5.41, 5.74) is 0.701. The minimum Gasteiger partial charge on any atom is -0.478 e. The van der Waals surface area contributed by atoms with E-state index in [0.29, 0.717) is 12.1 Å². The molecule has 1 aliphatic carbocycles. The fourth-order valence-electron chi connectivity index (χ4n) is 1.87. The highest BCUT2D eigenvalue weighted by atomic mass is 16.4. The van der Waals surface area contributed by atoms with E-state index >= 15 is 0 Å². The van der Waals surface area contributed by atoms with Gasteiger partial charge >= 0.3 is 5.97 Å². The molecule has 1 aliphatic rings. The molecular formula is C14H17NO3. The van der Waals surface area contributed by atoms with Crippen LogP contribution in [0.15, 0.2) is 24.3 Å². The van der Waals surface area contributed by atoms with Gasteiger partial charge in [-0.1, -0.05) is 12.8 Å². The maximum Gasteiger partial charge on any atom is 0.335 e. The van der Waals surface area contributed by atoms with Gasteiger partial charge in [-0.05, 0) is 43.0 Å². The summed E-state index contributed by atoms with van der Waals surface area (Å²) in [5, 5.41) is 11.6. The quantitative estimate of drug-likeness (QED) is 0.758. The summed E-state index contributed by atoms with van der Waals surface area (Å²) in [6.07, 6.45) is 4.89. The summed E-state index contributed by atoms with van der Waals surface area (Å²) >= 11 is 0. The molecule has 2 rings (SSSR count). The van der Waals surface area contributed by atoms with Gasteiger partial charge in [0.15, 0.2) is 0 Å². The summed E-state index contributed by atoms with van der Waals surface area (Å²) in [4.78, 5) is 22.4. The largest absolute Gasteiger partial charge is 0.478 e. The standard InChI is InChI=1S/C14H17NO3/c16-13(15-9-1-2-10-3-4-10)11-5-7-12(8-6-11)14(17)18/h5-8,10H,1-4,9H2,(H,15,16)(H,17,18). The number of nitrogens with one attached hydrogen (secondary N) is 1. The van der Waals surface area contributed by atoms with Crippen LogP contribution in [0.4, 0.5) is 0 Å². The van der Waals surface area contributed by atoms with Gasteiger partial charge in [-0.3, -0.25) is 4.79 Å². The van der Waals surface area contributed by atoms with Crippen molar-refractivity contribution in [2.24, 2.45) is 5.92 Å². The molecule has 4 nitrogen and oxygen atoms in total. The Bertz CT molecular complexity index is 435. The third kappa shape index (κ3) is 3.58. The van der Waals surface area contributed by atoms with E-state index in [1.54, 1.807) is 12.1 Å². The van der Waals surface area contributed by atoms with Gasteiger partial charge in [0.1, 0.15) is 0 Å². The molecule has 0 heterocycles. The lowest BCUT2D eigenvalue weighted by Crippen LogP contribution is -2.24. The number of hydrogen-bond acceptors (Lipinski definition) is 2. The zero-order valence-electron chi connectivity index (χ0n) is 10.2. The maximum atomic E-state index is 11.7. The monoisotopic (exact) mass is 247 g/mol. The Hall–Kier alpha value is -1.84. The molecular weight excluding hydrogens is 230 g/mol. The molecule has 0 bridgehead atoms. The Labute approximate surface area is 106 Å². The first-order valence-electron chi connectivity index (χ1n) is 6.28. The average molecular weight is 247 g/mol. The van der Waals surface area contributed by atoms with Crippen molar-refractivity contribution >= 4 is 11.9 Å². The highest BCUT2D eigenvalue weighted by Crippen LogP contribution is 2.33. The summed E-state index contributed by atoms with van der Waals surface area (Å²) in [6, 6.07) is 5.97. The van der Waals surface area contributed by atoms with Crippen LogP contribution in [0.5, 0.6) is 0 Å². The van der Waals surface area contributed by atoms with Crippen molar-refractivity contribution in [3.63, 3.8) is 0 Å². The van der Waals surface area contributed by atoms with Crippen molar-refractivity contribution in [1.82, 2.24) is 5.32 Å². The van der Waals surface area contributed by atoms with Gasteiger partial charge in [0.05, 0.1) is 5.56 Å². The Morgan fingerprint density at radius 3 is 2.33 bits per heavy atom. The number of rotatable bonds is 6. The first-order valence-corrected chi connectivity index (χ1v) is 6.28. The van der Waals surface area contributed by atoms with Crippen molar-refractivity contribution in [1.29, 1.82) is 0 Å².